The number of amides is 1. The summed E-state index contributed by atoms with van der Waals surface area (Å²) in [5.41, 5.74) is 0. The number of likely N-dealkylation sites (tertiary alicyclic amines) is 1. The summed E-state index contributed by atoms with van der Waals surface area (Å²) in [5.74, 6) is 0.257. The van der Waals surface area contributed by atoms with Gasteiger partial charge in [0, 0.05) is 18.2 Å². The van der Waals surface area contributed by atoms with Gasteiger partial charge in [-0.1, -0.05) is 12.8 Å². The molecule has 0 unspecified atom stereocenters. The monoisotopic (exact) mass is 325 g/mol. The van der Waals surface area contributed by atoms with Crippen LogP contribution in [0.2, 0.25) is 0 Å². The first-order chi connectivity index (χ1) is 10.7. The van der Waals surface area contributed by atoms with E-state index >= 15 is 0 Å². The largest absolute Gasteiger partial charge is 0.458 e. The Morgan fingerprint density at radius 3 is 2.77 bits per heavy atom. The fourth-order valence-corrected chi connectivity index (χ4v) is 4.12. The van der Waals surface area contributed by atoms with Gasteiger partial charge < -0.3 is 9.64 Å². The highest BCUT2D eigenvalue weighted by Gasteiger charge is 2.28. The molecule has 120 valence electrons. The molecule has 1 aliphatic carbocycles. The van der Waals surface area contributed by atoms with Gasteiger partial charge >= 0.3 is 6.01 Å². The zero-order valence-corrected chi connectivity index (χ0v) is 13.2. The zero-order chi connectivity index (χ0) is 15.4. The molecule has 0 aromatic carbocycles. The van der Waals surface area contributed by atoms with E-state index in [0.717, 1.165) is 18.8 Å². The Kier molecular flexibility index (Phi) is 5.12. The summed E-state index contributed by atoms with van der Waals surface area (Å²) in [6.07, 6.45) is 7.90. The molecule has 7 heteroatoms. The van der Waals surface area contributed by atoms with Gasteiger partial charge in [-0.2, -0.15) is 0 Å². The molecule has 0 N–H and O–H groups in total. The fourth-order valence-electron chi connectivity index (χ4n) is 2.90. The third kappa shape index (κ3) is 4.09. The van der Waals surface area contributed by atoms with Crippen molar-refractivity contribution in [3.63, 3.8) is 0 Å². The Bertz CT molecular complexity index is 508. The van der Waals surface area contributed by atoms with Crippen LogP contribution in [-0.2, 0) is 4.79 Å². The van der Waals surface area contributed by atoms with Crippen molar-refractivity contribution in [2.75, 3.05) is 18.8 Å². The summed E-state index contributed by atoms with van der Waals surface area (Å²) in [6, 6.07) is 0.168. The van der Waals surface area contributed by atoms with E-state index < -0.39 is 5.82 Å². The van der Waals surface area contributed by atoms with Gasteiger partial charge in [0.1, 0.15) is 6.10 Å². The second-order valence-corrected chi connectivity index (χ2v) is 7.06. The lowest BCUT2D eigenvalue weighted by Gasteiger charge is -2.17. The number of aromatic nitrogens is 2. The van der Waals surface area contributed by atoms with Crippen molar-refractivity contribution in [3.8, 4) is 6.01 Å². The Morgan fingerprint density at radius 2 is 2.05 bits per heavy atom. The first-order valence-electron chi connectivity index (χ1n) is 7.74. The van der Waals surface area contributed by atoms with Gasteiger partial charge in [-0.05, 0) is 12.8 Å². The highest BCUT2D eigenvalue weighted by molar-refractivity contribution is 8.00. The molecular formula is C15H20FN3O2S. The molecular weight excluding hydrogens is 305 g/mol. The third-order valence-corrected chi connectivity index (χ3v) is 5.47. The highest BCUT2D eigenvalue weighted by Crippen LogP contribution is 2.29. The van der Waals surface area contributed by atoms with Crippen LogP contribution in [-0.4, -0.2) is 51.0 Å². The molecule has 5 nitrogen and oxygen atoms in total. The molecule has 2 fully saturated rings. The SMILES string of the molecule is O=C(CSC1CCCC1)N1CC[C@@H](Oc2ncc(F)cn2)C1. The minimum Gasteiger partial charge on any atom is -0.458 e. The second-order valence-electron chi connectivity index (χ2n) is 5.77. The van der Waals surface area contributed by atoms with Crippen molar-refractivity contribution in [1.29, 1.82) is 0 Å². The van der Waals surface area contributed by atoms with E-state index in [4.69, 9.17) is 4.74 Å². The molecule has 2 heterocycles. The number of thioether (sulfide) groups is 1. The van der Waals surface area contributed by atoms with Gasteiger partial charge in [0.05, 0.1) is 24.7 Å². The molecule has 2 aliphatic rings. The summed E-state index contributed by atoms with van der Waals surface area (Å²) in [4.78, 5) is 21.6. The van der Waals surface area contributed by atoms with Crippen LogP contribution in [0, 0.1) is 5.82 Å². The number of hydrogen-bond donors (Lipinski definition) is 0. The zero-order valence-electron chi connectivity index (χ0n) is 12.4. The molecule has 0 bridgehead atoms. The van der Waals surface area contributed by atoms with Crippen molar-refractivity contribution in [3.05, 3.63) is 18.2 Å². The maximum atomic E-state index is 12.7. The Labute approximate surface area is 133 Å². The summed E-state index contributed by atoms with van der Waals surface area (Å²) in [7, 11) is 0. The number of hydrogen-bond acceptors (Lipinski definition) is 5. The number of halogens is 1. The maximum Gasteiger partial charge on any atom is 0.316 e. The molecule has 3 rings (SSSR count). The Hall–Kier alpha value is -1.37. The van der Waals surface area contributed by atoms with E-state index in [1.165, 1.54) is 25.7 Å². The first-order valence-corrected chi connectivity index (χ1v) is 8.79. The van der Waals surface area contributed by atoms with Crippen molar-refractivity contribution in [1.82, 2.24) is 14.9 Å². The van der Waals surface area contributed by atoms with Crippen LogP contribution in [0.4, 0.5) is 4.39 Å². The molecule has 1 aromatic heterocycles. The van der Waals surface area contributed by atoms with E-state index in [2.05, 4.69) is 9.97 Å². The van der Waals surface area contributed by atoms with Gasteiger partial charge in [0.2, 0.25) is 5.91 Å². The van der Waals surface area contributed by atoms with Crippen LogP contribution in [0.25, 0.3) is 0 Å². The number of ether oxygens (including phenoxy) is 1. The van der Waals surface area contributed by atoms with E-state index in [-0.39, 0.29) is 18.0 Å². The molecule has 0 spiro atoms. The smallest absolute Gasteiger partial charge is 0.316 e. The van der Waals surface area contributed by atoms with Crippen LogP contribution in [0.15, 0.2) is 12.4 Å². The molecule has 1 aromatic rings. The van der Waals surface area contributed by atoms with E-state index in [9.17, 15) is 9.18 Å². The van der Waals surface area contributed by atoms with E-state index in [0.29, 0.717) is 24.1 Å². The summed E-state index contributed by atoms with van der Waals surface area (Å²) < 4.78 is 18.3. The Morgan fingerprint density at radius 1 is 1.32 bits per heavy atom. The number of carbonyl (C=O) groups is 1. The summed E-state index contributed by atoms with van der Waals surface area (Å²) in [6.45, 7) is 1.26. The quantitative estimate of drug-likeness (QED) is 0.831. The summed E-state index contributed by atoms with van der Waals surface area (Å²) >= 11 is 1.79. The number of carbonyl (C=O) groups excluding carboxylic acids is 1. The first kappa shape index (κ1) is 15.5. The lowest BCUT2D eigenvalue weighted by molar-refractivity contribution is -0.127. The average molecular weight is 325 g/mol. The van der Waals surface area contributed by atoms with Crippen LogP contribution < -0.4 is 4.74 Å². The lowest BCUT2D eigenvalue weighted by Crippen LogP contribution is -2.32. The van der Waals surface area contributed by atoms with Crippen molar-refractivity contribution in [2.45, 2.75) is 43.5 Å². The molecule has 1 saturated heterocycles. The molecule has 1 atom stereocenters. The maximum absolute atomic E-state index is 12.7. The standard InChI is InChI=1S/C15H20FN3O2S/c16-11-7-17-15(18-8-11)21-12-5-6-19(9-12)14(20)10-22-13-3-1-2-4-13/h7-8,12-13H,1-6,9-10H2/t12-/m1/s1. The van der Waals surface area contributed by atoms with Gasteiger partial charge in [0.15, 0.2) is 5.82 Å². The fraction of sp³-hybridized carbons (Fsp3) is 0.667. The average Bonchev–Trinajstić information content (AvgIpc) is 3.19. The Balaban J connectivity index is 1.42. The van der Waals surface area contributed by atoms with Gasteiger partial charge in [-0.15, -0.1) is 11.8 Å². The molecule has 1 aliphatic heterocycles. The minimum absolute atomic E-state index is 0.106. The van der Waals surface area contributed by atoms with Crippen LogP contribution in [0.1, 0.15) is 32.1 Å². The van der Waals surface area contributed by atoms with Crippen molar-refractivity contribution < 1.29 is 13.9 Å². The minimum atomic E-state index is -0.487. The topological polar surface area (TPSA) is 55.3 Å². The highest BCUT2D eigenvalue weighted by atomic mass is 32.2. The van der Waals surface area contributed by atoms with Crippen molar-refractivity contribution in [2.24, 2.45) is 0 Å². The predicted molar refractivity (Wildman–Crippen MR) is 82.3 cm³/mol. The molecule has 1 amide bonds. The van der Waals surface area contributed by atoms with Crippen LogP contribution >= 0.6 is 11.8 Å². The second kappa shape index (κ2) is 7.26. The van der Waals surface area contributed by atoms with Crippen LogP contribution in [0.3, 0.4) is 0 Å². The third-order valence-electron chi connectivity index (χ3n) is 4.11. The van der Waals surface area contributed by atoms with Crippen LogP contribution in [0.5, 0.6) is 6.01 Å². The molecule has 0 radical (unpaired) electrons. The predicted octanol–water partition coefficient (Wildman–Crippen LogP) is 2.27. The van der Waals surface area contributed by atoms with Gasteiger partial charge in [-0.25, -0.2) is 14.4 Å². The van der Waals surface area contributed by atoms with Gasteiger partial charge in [-0.3, -0.25) is 4.79 Å². The molecule has 22 heavy (non-hydrogen) atoms. The molecule has 1 saturated carbocycles. The van der Waals surface area contributed by atoms with E-state index in [1.54, 1.807) is 11.8 Å². The summed E-state index contributed by atoms with van der Waals surface area (Å²) in [5, 5.41) is 0.659. The van der Waals surface area contributed by atoms with Crippen molar-refractivity contribution >= 4 is 17.7 Å². The van der Waals surface area contributed by atoms with Gasteiger partial charge in [0.25, 0.3) is 0 Å². The normalized spacial score (nSPS) is 22.2. The lowest BCUT2D eigenvalue weighted by atomic mass is 10.3. The van der Waals surface area contributed by atoms with E-state index in [1.807, 2.05) is 4.90 Å². The number of rotatable bonds is 5. The number of nitrogens with zero attached hydrogens (tertiary/aromatic N) is 3.